The van der Waals surface area contributed by atoms with Crippen molar-refractivity contribution in [2.45, 2.75) is 39.7 Å². The van der Waals surface area contributed by atoms with Crippen LogP contribution in [0.3, 0.4) is 0 Å². The van der Waals surface area contributed by atoms with Crippen molar-refractivity contribution in [3.05, 3.63) is 70.5 Å². The lowest BCUT2D eigenvalue weighted by Gasteiger charge is -2.42. The van der Waals surface area contributed by atoms with Gasteiger partial charge in [0.2, 0.25) is 0 Å². The maximum atomic E-state index is 14.1. The van der Waals surface area contributed by atoms with Crippen LogP contribution in [0.25, 0.3) is 0 Å². The van der Waals surface area contributed by atoms with Gasteiger partial charge < -0.3 is 5.11 Å². The van der Waals surface area contributed by atoms with Crippen molar-refractivity contribution < 1.29 is 9.50 Å². The molecule has 2 nitrogen and oxygen atoms in total. The highest BCUT2D eigenvalue weighted by molar-refractivity contribution is 5.30. The molecular weight excluding hydrogens is 313 g/mol. The van der Waals surface area contributed by atoms with Crippen LogP contribution in [0.1, 0.15) is 35.1 Å². The predicted octanol–water partition coefficient (Wildman–Crippen LogP) is 4.26. The van der Waals surface area contributed by atoms with Crippen molar-refractivity contribution in [3.63, 3.8) is 0 Å². The summed E-state index contributed by atoms with van der Waals surface area (Å²) in [4.78, 5) is 2.42. The molecule has 0 aromatic heterocycles. The van der Waals surface area contributed by atoms with Gasteiger partial charge in [0.15, 0.2) is 0 Å². The van der Waals surface area contributed by atoms with E-state index in [1.807, 2.05) is 12.1 Å². The summed E-state index contributed by atoms with van der Waals surface area (Å²) in [6.07, 6.45) is 2.58. The van der Waals surface area contributed by atoms with E-state index in [4.69, 9.17) is 0 Å². The number of hydrogen-bond acceptors (Lipinski definition) is 2. The Hall–Kier alpha value is -1.71. The molecule has 0 amide bonds. The maximum absolute atomic E-state index is 14.1. The van der Waals surface area contributed by atoms with Gasteiger partial charge in [0.25, 0.3) is 0 Å². The molecule has 0 unspecified atom stereocenters. The minimum Gasteiger partial charge on any atom is -0.396 e. The molecule has 2 aromatic rings. The summed E-state index contributed by atoms with van der Waals surface area (Å²) in [5.74, 6) is -0.165. The summed E-state index contributed by atoms with van der Waals surface area (Å²) in [5, 5.41) is 10.1. The number of hydrogen-bond donors (Lipinski definition) is 1. The molecule has 0 saturated carbocycles. The Morgan fingerprint density at radius 1 is 1.12 bits per heavy atom. The zero-order chi connectivity index (χ0) is 17.9. The summed E-state index contributed by atoms with van der Waals surface area (Å²) >= 11 is 0. The number of nitrogens with zero attached hydrogens (tertiary/aromatic N) is 1. The van der Waals surface area contributed by atoms with Crippen molar-refractivity contribution in [1.82, 2.24) is 4.90 Å². The number of aliphatic hydroxyl groups excluding tert-OH is 1. The summed E-state index contributed by atoms with van der Waals surface area (Å²) in [6.45, 7) is 7.11. The van der Waals surface area contributed by atoms with E-state index >= 15 is 0 Å². The van der Waals surface area contributed by atoms with Gasteiger partial charge in [-0.15, -0.1) is 0 Å². The lowest BCUT2D eigenvalue weighted by Crippen LogP contribution is -2.46. The van der Waals surface area contributed by atoms with E-state index in [2.05, 4.69) is 36.9 Å². The first-order valence-corrected chi connectivity index (χ1v) is 9.14. The molecular formula is C22H28FNO. The van der Waals surface area contributed by atoms with Gasteiger partial charge in [-0.2, -0.15) is 0 Å². The van der Waals surface area contributed by atoms with Crippen molar-refractivity contribution >= 4 is 0 Å². The first-order chi connectivity index (χ1) is 12.0. The van der Waals surface area contributed by atoms with E-state index in [-0.39, 0.29) is 17.8 Å². The molecule has 0 radical (unpaired) electrons. The van der Waals surface area contributed by atoms with Crippen molar-refractivity contribution in [1.29, 1.82) is 0 Å². The molecule has 3 heteroatoms. The minimum atomic E-state index is -0.252. The molecule has 1 N–H and O–H groups in total. The van der Waals surface area contributed by atoms with Gasteiger partial charge in [-0.25, -0.2) is 4.39 Å². The molecule has 1 aliphatic heterocycles. The molecule has 1 fully saturated rings. The second kappa shape index (κ2) is 7.67. The highest BCUT2D eigenvalue weighted by Gasteiger charge is 2.35. The SMILES string of the molecule is Cc1ccc(C)c(CN2CCC[C@@](CO)(Cc3ccccc3F)C2)c1. The fraction of sp³-hybridized carbons (Fsp3) is 0.455. The predicted molar refractivity (Wildman–Crippen MR) is 100 cm³/mol. The largest absolute Gasteiger partial charge is 0.396 e. The van der Waals surface area contributed by atoms with E-state index in [9.17, 15) is 9.50 Å². The first-order valence-electron chi connectivity index (χ1n) is 9.14. The molecule has 0 aliphatic carbocycles. The Morgan fingerprint density at radius 2 is 1.92 bits per heavy atom. The number of benzene rings is 2. The van der Waals surface area contributed by atoms with Crippen molar-refractivity contribution in [2.75, 3.05) is 19.7 Å². The second-order valence-corrected chi connectivity index (χ2v) is 7.67. The highest BCUT2D eigenvalue weighted by Crippen LogP contribution is 2.34. The Balaban J connectivity index is 1.76. The quantitative estimate of drug-likeness (QED) is 0.878. The Bertz CT molecular complexity index is 730. The van der Waals surface area contributed by atoms with E-state index in [1.165, 1.54) is 22.8 Å². The summed E-state index contributed by atoms with van der Waals surface area (Å²) < 4.78 is 14.1. The highest BCUT2D eigenvalue weighted by atomic mass is 19.1. The van der Waals surface area contributed by atoms with Gasteiger partial charge in [-0.05, 0) is 62.4 Å². The van der Waals surface area contributed by atoms with Crippen LogP contribution in [-0.4, -0.2) is 29.7 Å². The van der Waals surface area contributed by atoms with Crippen LogP contribution in [0.5, 0.6) is 0 Å². The maximum Gasteiger partial charge on any atom is 0.126 e. The molecule has 3 rings (SSSR count). The van der Waals surface area contributed by atoms with Gasteiger partial charge in [0.1, 0.15) is 5.82 Å². The molecule has 0 bridgehead atoms. The molecule has 1 atom stereocenters. The molecule has 2 aromatic carbocycles. The standard InChI is InChI=1S/C22H28FNO/c1-17-8-9-18(2)20(12-17)14-24-11-5-10-22(15-24,16-25)13-19-6-3-4-7-21(19)23/h3-4,6-9,12,25H,5,10-11,13-16H2,1-2H3/t22-/m1/s1. The molecule has 134 valence electrons. The lowest BCUT2D eigenvalue weighted by molar-refractivity contribution is 0.0282. The van der Waals surface area contributed by atoms with E-state index in [0.29, 0.717) is 12.0 Å². The molecule has 1 aliphatic rings. The summed E-state index contributed by atoms with van der Waals surface area (Å²) in [6, 6.07) is 13.5. The second-order valence-electron chi connectivity index (χ2n) is 7.67. The number of aryl methyl sites for hydroxylation is 2. The van der Waals surface area contributed by atoms with E-state index < -0.39 is 0 Å². The Kier molecular flexibility index (Phi) is 5.55. The zero-order valence-electron chi connectivity index (χ0n) is 15.3. The van der Waals surface area contributed by atoms with Crippen LogP contribution in [0.4, 0.5) is 4.39 Å². The molecule has 0 spiro atoms. The van der Waals surface area contributed by atoms with Crippen LogP contribution in [0, 0.1) is 25.1 Å². The number of halogens is 1. The smallest absolute Gasteiger partial charge is 0.126 e. The average molecular weight is 341 g/mol. The number of piperidine rings is 1. The van der Waals surface area contributed by atoms with E-state index in [1.54, 1.807) is 6.07 Å². The third-order valence-corrected chi connectivity index (χ3v) is 5.50. The van der Waals surface area contributed by atoms with Gasteiger partial charge in [0.05, 0.1) is 6.61 Å². The van der Waals surface area contributed by atoms with Gasteiger partial charge in [-0.3, -0.25) is 4.90 Å². The summed E-state index contributed by atoms with van der Waals surface area (Å²) in [5.41, 5.74) is 4.39. The molecule has 1 saturated heterocycles. The third kappa shape index (κ3) is 4.28. The van der Waals surface area contributed by atoms with Crippen LogP contribution >= 0.6 is 0 Å². The average Bonchev–Trinajstić information content (AvgIpc) is 2.60. The Morgan fingerprint density at radius 3 is 2.68 bits per heavy atom. The van der Waals surface area contributed by atoms with Gasteiger partial charge in [-0.1, -0.05) is 42.0 Å². The topological polar surface area (TPSA) is 23.5 Å². The van der Waals surface area contributed by atoms with Gasteiger partial charge in [0, 0.05) is 18.5 Å². The van der Waals surface area contributed by atoms with E-state index in [0.717, 1.165) is 32.5 Å². The van der Waals surface area contributed by atoms with Crippen LogP contribution in [0.15, 0.2) is 42.5 Å². The molecule has 1 heterocycles. The normalized spacial score (nSPS) is 21.4. The third-order valence-electron chi connectivity index (χ3n) is 5.50. The van der Waals surface area contributed by atoms with Crippen LogP contribution in [-0.2, 0) is 13.0 Å². The number of aliphatic hydroxyl groups is 1. The first kappa shape index (κ1) is 18.1. The number of likely N-dealkylation sites (tertiary alicyclic amines) is 1. The van der Waals surface area contributed by atoms with Gasteiger partial charge >= 0.3 is 0 Å². The molecule has 25 heavy (non-hydrogen) atoms. The Labute approximate surface area is 150 Å². The fourth-order valence-corrected chi connectivity index (χ4v) is 4.03. The zero-order valence-corrected chi connectivity index (χ0v) is 15.3. The fourth-order valence-electron chi connectivity index (χ4n) is 4.03. The number of rotatable bonds is 5. The van der Waals surface area contributed by atoms with Crippen LogP contribution in [0.2, 0.25) is 0 Å². The van der Waals surface area contributed by atoms with Crippen LogP contribution < -0.4 is 0 Å². The monoisotopic (exact) mass is 341 g/mol. The lowest BCUT2D eigenvalue weighted by atomic mass is 9.75. The summed E-state index contributed by atoms with van der Waals surface area (Å²) in [7, 11) is 0. The van der Waals surface area contributed by atoms with Crippen molar-refractivity contribution in [3.8, 4) is 0 Å². The minimum absolute atomic E-state index is 0.102. The van der Waals surface area contributed by atoms with Crippen molar-refractivity contribution in [2.24, 2.45) is 5.41 Å².